The molecule has 0 bridgehead atoms. The third kappa shape index (κ3) is 4.05. The van der Waals surface area contributed by atoms with Crippen molar-refractivity contribution in [2.24, 2.45) is 0 Å². The van der Waals surface area contributed by atoms with Crippen molar-refractivity contribution < 1.29 is 18.3 Å². The van der Waals surface area contributed by atoms with E-state index in [4.69, 9.17) is 11.6 Å². The normalized spacial score (nSPS) is 18.3. The summed E-state index contributed by atoms with van der Waals surface area (Å²) >= 11 is 5.83. The van der Waals surface area contributed by atoms with E-state index in [-0.39, 0.29) is 24.2 Å². The molecule has 7 heteroatoms. The van der Waals surface area contributed by atoms with Gasteiger partial charge in [0.1, 0.15) is 5.75 Å². The van der Waals surface area contributed by atoms with Gasteiger partial charge in [-0.1, -0.05) is 11.6 Å². The Hall–Kier alpha value is -1.40. The second kappa shape index (κ2) is 6.85. The maximum Gasteiger partial charge on any atom is 0.387 e. The summed E-state index contributed by atoms with van der Waals surface area (Å²) in [5.41, 5.74) is 0.421. The first-order valence-corrected chi connectivity index (χ1v) is 6.68. The summed E-state index contributed by atoms with van der Waals surface area (Å²) in [5.74, 6) is -0.130. The number of hydrogen-bond donors (Lipinski definition) is 2. The number of hydrogen-bond acceptors (Lipinski definition) is 3. The third-order valence-electron chi connectivity index (χ3n) is 3.07. The molecule has 1 atom stereocenters. The first-order valence-electron chi connectivity index (χ1n) is 6.30. The van der Waals surface area contributed by atoms with Gasteiger partial charge in [-0.2, -0.15) is 8.78 Å². The van der Waals surface area contributed by atoms with E-state index in [0.717, 1.165) is 19.4 Å². The van der Waals surface area contributed by atoms with Crippen LogP contribution in [-0.2, 0) is 11.3 Å². The van der Waals surface area contributed by atoms with Gasteiger partial charge < -0.3 is 15.4 Å². The van der Waals surface area contributed by atoms with E-state index in [0.29, 0.717) is 10.6 Å². The van der Waals surface area contributed by atoms with Gasteiger partial charge in [-0.25, -0.2) is 0 Å². The van der Waals surface area contributed by atoms with Crippen LogP contribution in [0.25, 0.3) is 0 Å². The molecule has 1 amide bonds. The van der Waals surface area contributed by atoms with Crippen LogP contribution in [0.5, 0.6) is 5.75 Å². The minimum absolute atomic E-state index is 0.0177. The Balaban J connectivity index is 2.00. The Kier molecular flexibility index (Phi) is 5.14. The molecular formula is C13H15ClF2N2O2. The fraction of sp³-hybridized carbons (Fsp3) is 0.462. The Bertz CT molecular complexity index is 479. The molecule has 2 N–H and O–H groups in total. The SMILES string of the molecule is O=C(NCc1cc(Cl)ccc1OC(F)F)[C@H]1CCCN1. The summed E-state index contributed by atoms with van der Waals surface area (Å²) < 4.78 is 29.0. The number of amides is 1. The molecule has 0 spiro atoms. The number of alkyl halides is 2. The highest BCUT2D eigenvalue weighted by molar-refractivity contribution is 6.30. The largest absolute Gasteiger partial charge is 0.434 e. The lowest BCUT2D eigenvalue weighted by atomic mass is 10.1. The highest BCUT2D eigenvalue weighted by atomic mass is 35.5. The van der Waals surface area contributed by atoms with Crippen LogP contribution in [0.3, 0.4) is 0 Å². The maximum absolute atomic E-state index is 12.3. The van der Waals surface area contributed by atoms with Crippen molar-refractivity contribution in [1.29, 1.82) is 0 Å². The van der Waals surface area contributed by atoms with Crippen LogP contribution in [0.15, 0.2) is 18.2 Å². The molecule has 0 aromatic heterocycles. The number of carbonyl (C=O) groups excluding carboxylic acids is 1. The number of ether oxygens (including phenoxy) is 1. The van der Waals surface area contributed by atoms with E-state index in [1.54, 1.807) is 0 Å². The molecule has 0 radical (unpaired) electrons. The third-order valence-corrected chi connectivity index (χ3v) is 3.30. The summed E-state index contributed by atoms with van der Waals surface area (Å²) in [5, 5.41) is 6.16. The number of rotatable bonds is 5. The van der Waals surface area contributed by atoms with E-state index in [9.17, 15) is 13.6 Å². The van der Waals surface area contributed by atoms with E-state index < -0.39 is 6.61 Å². The monoisotopic (exact) mass is 304 g/mol. The van der Waals surface area contributed by atoms with Crippen molar-refractivity contribution >= 4 is 17.5 Å². The average Bonchev–Trinajstić information content (AvgIpc) is 2.92. The number of benzene rings is 1. The molecule has 1 aromatic carbocycles. The quantitative estimate of drug-likeness (QED) is 0.877. The molecule has 1 aliphatic heterocycles. The van der Waals surface area contributed by atoms with Gasteiger partial charge in [0, 0.05) is 17.1 Å². The lowest BCUT2D eigenvalue weighted by Gasteiger charge is -2.14. The molecule has 1 saturated heterocycles. The number of carbonyl (C=O) groups is 1. The molecule has 1 aliphatic rings. The van der Waals surface area contributed by atoms with Crippen LogP contribution < -0.4 is 15.4 Å². The first-order chi connectivity index (χ1) is 9.56. The van der Waals surface area contributed by atoms with E-state index >= 15 is 0 Å². The zero-order chi connectivity index (χ0) is 14.5. The van der Waals surface area contributed by atoms with Gasteiger partial charge in [0.2, 0.25) is 5.91 Å². The predicted molar refractivity (Wildman–Crippen MR) is 71.0 cm³/mol. The molecule has 1 heterocycles. The van der Waals surface area contributed by atoms with E-state index in [1.165, 1.54) is 18.2 Å². The second-order valence-corrected chi connectivity index (χ2v) is 4.93. The molecule has 110 valence electrons. The molecule has 2 rings (SSSR count). The van der Waals surface area contributed by atoms with Crippen LogP contribution >= 0.6 is 11.6 Å². The summed E-state index contributed by atoms with van der Waals surface area (Å²) in [7, 11) is 0. The summed E-state index contributed by atoms with van der Waals surface area (Å²) in [6.45, 7) is -2.00. The zero-order valence-electron chi connectivity index (χ0n) is 10.7. The van der Waals surface area contributed by atoms with E-state index in [1.807, 2.05) is 0 Å². The van der Waals surface area contributed by atoms with Gasteiger partial charge in [0.25, 0.3) is 0 Å². The molecule has 0 saturated carbocycles. The molecule has 0 aliphatic carbocycles. The minimum Gasteiger partial charge on any atom is -0.434 e. The highest BCUT2D eigenvalue weighted by Gasteiger charge is 2.22. The van der Waals surface area contributed by atoms with Crippen molar-refractivity contribution in [3.05, 3.63) is 28.8 Å². The van der Waals surface area contributed by atoms with Gasteiger partial charge in [-0.15, -0.1) is 0 Å². The topological polar surface area (TPSA) is 50.4 Å². The van der Waals surface area contributed by atoms with Crippen LogP contribution in [0.2, 0.25) is 5.02 Å². The fourth-order valence-electron chi connectivity index (χ4n) is 2.11. The molecule has 1 aromatic rings. The Morgan fingerprint density at radius 1 is 1.55 bits per heavy atom. The Morgan fingerprint density at radius 3 is 3.00 bits per heavy atom. The highest BCUT2D eigenvalue weighted by Crippen LogP contribution is 2.24. The lowest BCUT2D eigenvalue weighted by molar-refractivity contribution is -0.122. The minimum atomic E-state index is -2.91. The van der Waals surface area contributed by atoms with Gasteiger partial charge in [0.15, 0.2) is 0 Å². The molecule has 0 unspecified atom stereocenters. The zero-order valence-corrected chi connectivity index (χ0v) is 11.4. The molecule has 4 nitrogen and oxygen atoms in total. The number of nitrogens with one attached hydrogen (secondary N) is 2. The average molecular weight is 305 g/mol. The maximum atomic E-state index is 12.3. The smallest absolute Gasteiger partial charge is 0.387 e. The van der Waals surface area contributed by atoms with E-state index in [2.05, 4.69) is 15.4 Å². The van der Waals surface area contributed by atoms with Gasteiger partial charge in [-0.05, 0) is 37.6 Å². The van der Waals surface area contributed by atoms with Crippen molar-refractivity contribution in [3.63, 3.8) is 0 Å². The standard InChI is InChI=1S/C13H15ClF2N2O2/c14-9-3-4-11(20-13(15)16)8(6-9)7-18-12(19)10-2-1-5-17-10/h3-4,6,10,13,17H,1-2,5,7H2,(H,18,19)/t10-/m1/s1. The van der Waals surface area contributed by atoms with Crippen LogP contribution in [-0.4, -0.2) is 25.1 Å². The molecular weight excluding hydrogens is 290 g/mol. The van der Waals surface area contributed by atoms with Crippen LogP contribution in [0.1, 0.15) is 18.4 Å². The summed E-state index contributed by atoms with van der Waals surface area (Å²) in [4.78, 5) is 11.8. The molecule has 20 heavy (non-hydrogen) atoms. The first kappa shape index (κ1) is 15.0. The van der Waals surface area contributed by atoms with Crippen molar-refractivity contribution in [2.45, 2.75) is 32.0 Å². The predicted octanol–water partition coefficient (Wildman–Crippen LogP) is 2.31. The van der Waals surface area contributed by atoms with Crippen LogP contribution in [0, 0.1) is 0 Å². The van der Waals surface area contributed by atoms with Crippen molar-refractivity contribution in [3.8, 4) is 5.75 Å². The lowest BCUT2D eigenvalue weighted by Crippen LogP contribution is -2.40. The summed E-state index contributed by atoms with van der Waals surface area (Å²) in [6, 6.07) is 4.11. The van der Waals surface area contributed by atoms with Gasteiger partial charge >= 0.3 is 6.61 Å². The van der Waals surface area contributed by atoms with Crippen molar-refractivity contribution in [1.82, 2.24) is 10.6 Å². The number of halogens is 3. The Morgan fingerprint density at radius 2 is 2.35 bits per heavy atom. The van der Waals surface area contributed by atoms with Crippen LogP contribution in [0.4, 0.5) is 8.78 Å². The molecule has 1 fully saturated rings. The van der Waals surface area contributed by atoms with Gasteiger partial charge in [-0.3, -0.25) is 4.79 Å². The summed E-state index contributed by atoms with van der Waals surface area (Å²) in [6.07, 6.45) is 1.73. The van der Waals surface area contributed by atoms with Gasteiger partial charge in [0.05, 0.1) is 6.04 Å². The second-order valence-electron chi connectivity index (χ2n) is 4.50. The Labute approximate surface area is 120 Å². The fourth-order valence-corrected chi connectivity index (χ4v) is 2.31. The van der Waals surface area contributed by atoms with Crippen molar-refractivity contribution in [2.75, 3.05) is 6.54 Å².